The first-order chi connectivity index (χ1) is 17.1. The highest BCUT2D eigenvalue weighted by Gasteiger charge is 2.12. The van der Waals surface area contributed by atoms with Gasteiger partial charge in [0.1, 0.15) is 23.5 Å². The highest BCUT2D eigenvalue weighted by atomic mass is 32.1. The third-order valence-electron chi connectivity index (χ3n) is 5.28. The Kier molecular flexibility index (Phi) is 5.99. The van der Waals surface area contributed by atoms with E-state index in [4.69, 9.17) is 9.47 Å². The Morgan fingerprint density at radius 1 is 1.20 bits per heavy atom. The van der Waals surface area contributed by atoms with E-state index in [0.29, 0.717) is 33.6 Å². The fourth-order valence-electron chi connectivity index (χ4n) is 3.56. The van der Waals surface area contributed by atoms with Crippen LogP contribution in [0.2, 0.25) is 0 Å². The number of nitrogens with zero attached hydrogens (tertiary/aromatic N) is 5. The number of benzene rings is 2. The summed E-state index contributed by atoms with van der Waals surface area (Å²) in [5.74, 6) is 1.48. The van der Waals surface area contributed by atoms with Gasteiger partial charge in [0.25, 0.3) is 5.56 Å². The third kappa shape index (κ3) is 4.49. The van der Waals surface area contributed by atoms with Crippen LogP contribution in [-0.2, 0) is 13.0 Å². The molecule has 0 saturated carbocycles. The number of hydrogen-bond donors (Lipinski definition) is 1. The zero-order valence-electron chi connectivity index (χ0n) is 19.0. The molecule has 9 nitrogen and oxygen atoms in total. The van der Waals surface area contributed by atoms with E-state index in [1.807, 2.05) is 37.3 Å². The molecule has 2 aromatic carbocycles. The fourth-order valence-corrected chi connectivity index (χ4v) is 4.42. The number of nitrogens with one attached hydrogen (secondary N) is 1. The number of aryl methyl sites for hydroxylation is 1. The van der Waals surface area contributed by atoms with Crippen molar-refractivity contribution in [2.45, 2.75) is 20.0 Å². The quantitative estimate of drug-likeness (QED) is 0.343. The van der Waals surface area contributed by atoms with Crippen LogP contribution in [0.3, 0.4) is 0 Å². The number of fused-ring (bicyclic) bond motifs is 2. The molecule has 0 atom stereocenters. The van der Waals surface area contributed by atoms with Crippen LogP contribution in [0.5, 0.6) is 11.5 Å². The SMILES string of the molecule is CCc1nn2c(=O)cc(COc3ccc(/C=C(\C#N)c4nc5ccccc5[nH]4)cc3OC)nc2s1. The summed E-state index contributed by atoms with van der Waals surface area (Å²) >= 11 is 1.38. The van der Waals surface area contributed by atoms with E-state index in [9.17, 15) is 10.1 Å². The van der Waals surface area contributed by atoms with Crippen molar-refractivity contribution in [2.75, 3.05) is 7.11 Å². The number of aromatic nitrogens is 5. The van der Waals surface area contributed by atoms with E-state index in [1.54, 1.807) is 25.3 Å². The molecule has 0 amide bonds. The first kappa shape index (κ1) is 22.3. The summed E-state index contributed by atoms with van der Waals surface area (Å²) in [6, 6.07) is 16.6. The molecular weight excluding hydrogens is 464 g/mol. The van der Waals surface area contributed by atoms with E-state index >= 15 is 0 Å². The maximum Gasteiger partial charge on any atom is 0.275 e. The van der Waals surface area contributed by atoms with Crippen molar-refractivity contribution in [1.82, 2.24) is 24.6 Å². The van der Waals surface area contributed by atoms with Crippen LogP contribution in [0, 0.1) is 11.3 Å². The van der Waals surface area contributed by atoms with Gasteiger partial charge in [-0.2, -0.15) is 14.9 Å². The van der Waals surface area contributed by atoms with Crippen molar-refractivity contribution in [3.05, 3.63) is 81.0 Å². The zero-order chi connectivity index (χ0) is 24.4. The van der Waals surface area contributed by atoms with Crippen LogP contribution in [0.25, 0.3) is 27.6 Å². The molecule has 5 rings (SSSR count). The van der Waals surface area contributed by atoms with Gasteiger partial charge >= 0.3 is 0 Å². The second kappa shape index (κ2) is 9.40. The van der Waals surface area contributed by atoms with E-state index in [2.05, 4.69) is 26.1 Å². The van der Waals surface area contributed by atoms with Gasteiger partial charge in [-0.25, -0.2) is 9.97 Å². The molecule has 0 aliphatic rings. The molecule has 0 bridgehead atoms. The van der Waals surface area contributed by atoms with Crippen LogP contribution < -0.4 is 15.0 Å². The first-order valence-corrected chi connectivity index (χ1v) is 11.7. The molecule has 0 saturated heterocycles. The number of rotatable bonds is 7. The van der Waals surface area contributed by atoms with Gasteiger partial charge in [0.05, 0.1) is 29.4 Å². The summed E-state index contributed by atoms with van der Waals surface area (Å²) in [6.45, 7) is 2.08. The smallest absolute Gasteiger partial charge is 0.275 e. The Morgan fingerprint density at radius 2 is 2.06 bits per heavy atom. The molecule has 3 heterocycles. The molecule has 0 spiro atoms. The maximum atomic E-state index is 12.4. The van der Waals surface area contributed by atoms with Crippen LogP contribution in [-0.4, -0.2) is 31.7 Å². The lowest BCUT2D eigenvalue weighted by Crippen LogP contribution is -2.16. The van der Waals surface area contributed by atoms with E-state index in [1.165, 1.54) is 21.9 Å². The highest BCUT2D eigenvalue weighted by molar-refractivity contribution is 7.16. The van der Waals surface area contributed by atoms with Crippen LogP contribution in [0.1, 0.15) is 29.0 Å². The summed E-state index contributed by atoms with van der Waals surface area (Å²) in [6.07, 6.45) is 2.47. The number of ether oxygens (including phenoxy) is 2. The Balaban J connectivity index is 1.38. The van der Waals surface area contributed by atoms with Crippen LogP contribution in [0.15, 0.2) is 53.3 Å². The van der Waals surface area contributed by atoms with Gasteiger partial charge in [-0.3, -0.25) is 4.79 Å². The van der Waals surface area contributed by atoms with Gasteiger partial charge < -0.3 is 14.5 Å². The minimum absolute atomic E-state index is 0.0963. The van der Waals surface area contributed by atoms with Crippen molar-refractivity contribution >= 4 is 39.0 Å². The number of para-hydroxylation sites is 2. The van der Waals surface area contributed by atoms with Gasteiger partial charge in [-0.15, -0.1) is 0 Å². The van der Waals surface area contributed by atoms with Crippen LogP contribution >= 0.6 is 11.3 Å². The Bertz CT molecular complexity index is 1640. The lowest BCUT2D eigenvalue weighted by atomic mass is 10.1. The molecule has 0 radical (unpaired) electrons. The Morgan fingerprint density at radius 3 is 2.83 bits per heavy atom. The summed E-state index contributed by atoms with van der Waals surface area (Å²) in [4.78, 5) is 25.1. The summed E-state index contributed by atoms with van der Waals surface area (Å²) in [7, 11) is 1.54. The number of imidazole rings is 1. The van der Waals surface area contributed by atoms with Gasteiger partial charge in [0.2, 0.25) is 4.96 Å². The molecule has 0 aliphatic carbocycles. The third-order valence-corrected chi connectivity index (χ3v) is 6.33. The number of aromatic amines is 1. The topological polar surface area (TPSA) is 118 Å². The van der Waals surface area contributed by atoms with Crippen molar-refractivity contribution in [2.24, 2.45) is 0 Å². The van der Waals surface area contributed by atoms with Gasteiger partial charge in [-0.1, -0.05) is 36.5 Å². The van der Waals surface area contributed by atoms with E-state index in [0.717, 1.165) is 28.0 Å². The number of hydrogen-bond acceptors (Lipinski definition) is 8. The predicted molar refractivity (Wildman–Crippen MR) is 133 cm³/mol. The molecule has 1 N–H and O–H groups in total. The minimum atomic E-state index is -0.244. The zero-order valence-corrected chi connectivity index (χ0v) is 19.8. The molecule has 3 aromatic heterocycles. The van der Waals surface area contributed by atoms with Crippen molar-refractivity contribution in [1.29, 1.82) is 5.26 Å². The molecule has 0 unspecified atom stereocenters. The highest BCUT2D eigenvalue weighted by Crippen LogP contribution is 2.30. The Hall–Kier alpha value is -4.49. The standard InChI is InChI=1S/C25H20N6O3S/c1-3-22-30-31-23(32)12-17(27-25(31)35-22)14-34-20-9-8-15(11-21(20)33-2)10-16(13-26)24-28-18-6-4-5-7-19(18)29-24/h4-12H,3,14H2,1-2H3,(H,28,29)/b16-10+. The molecule has 0 fully saturated rings. The largest absolute Gasteiger partial charge is 0.493 e. The van der Waals surface area contributed by atoms with Gasteiger partial charge in [0.15, 0.2) is 11.5 Å². The summed E-state index contributed by atoms with van der Waals surface area (Å²) in [5.41, 5.74) is 3.06. The normalized spacial score (nSPS) is 11.6. The molecule has 174 valence electrons. The minimum Gasteiger partial charge on any atom is -0.493 e. The molecule has 35 heavy (non-hydrogen) atoms. The second-order valence-electron chi connectivity index (χ2n) is 7.60. The second-order valence-corrected chi connectivity index (χ2v) is 8.64. The average Bonchev–Trinajstić information content (AvgIpc) is 3.50. The van der Waals surface area contributed by atoms with E-state index < -0.39 is 0 Å². The monoisotopic (exact) mass is 484 g/mol. The summed E-state index contributed by atoms with van der Waals surface area (Å²) < 4.78 is 12.7. The number of methoxy groups -OCH3 is 1. The Labute approximate surface area is 203 Å². The van der Waals surface area contributed by atoms with Crippen molar-refractivity contribution < 1.29 is 9.47 Å². The van der Waals surface area contributed by atoms with Crippen LogP contribution in [0.4, 0.5) is 0 Å². The molecule has 0 aliphatic heterocycles. The number of H-pyrrole nitrogens is 1. The number of allylic oxidation sites excluding steroid dienone is 1. The summed E-state index contributed by atoms with van der Waals surface area (Å²) in [5, 5.41) is 14.8. The average molecular weight is 485 g/mol. The van der Waals surface area contributed by atoms with Crippen molar-refractivity contribution in [3.8, 4) is 17.6 Å². The predicted octanol–water partition coefficient (Wildman–Crippen LogP) is 4.24. The molecule has 5 aromatic rings. The number of nitriles is 1. The maximum absolute atomic E-state index is 12.4. The molecular formula is C25H20N6O3S. The van der Waals surface area contributed by atoms with Gasteiger partial charge in [0, 0.05) is 6.07 Å². The van der Waals surface area contributed by atoms with Gasteiger partial charge in [-0.05, 0) is 42.3 Å². The lowest BCUT2D eigenvalue weighted by molar-refractivity contribution is 0.280. The lowest BCUT2D eigenvalue weighted by Gasteiger charge is -2.11. The fraction of sp³-hybridized carbons (Fsp3) is 0.160. The van der Waals surface area contributed by atoms with Crippen molar-refractivity contribution in [3.63, 3.8) is 0 Å². The molecule has 10 heteroatoms. The first-order valence-electron chi connectivity index (χ1n) is 10.8. The van der Waals surface area contributed by atoms with E-state index in [-0.39, 0.29) is 12.2 Å².